The maximum atomic E-state index is 13.2. The summed E-state index contributed by atoms with van der Waals surface area (Å²) >= 11 is 0. The van der Waals surface area contributed by atoms with Crippen LogP contribution >= 0.6 is 0 Å². The number of hydrogen-bond donors (Lipinski definition) is 1. The molecule has 1 aromatic heterocycles. The van der Waals surface area contributed by atoms with Crippen LogP contribution in [0.5, 0.6) is 0 Å². The first-order chi connectivity index (χ1) is 12.5. The largest absolute Gasteiger partial charge is 0.419 e. The molecule has 1 heterocycles. The van der Waals surface area contributed by atoms with Crippen molar-refractivity contribution in [2.24, 2.45) is 0 Å². The SMILES string of the molecule is C[C@H](c1nnc(-c2ccccc2)o1)N(C)CC(=O)Nc1cccc(F)c1. The summed E-state index contributed by atoms with van der Waals surface area (Å²) in [6.45, 7) is 1.97. The number of nitrogens with zero attached hydrogens (tertiary/aromatic N) is 3. The summed E-state index contributed by atoms with van der Waals surface area (Å²) in [7, 11) is 1.78. The normalized spacial score (nSPS) is 12.2. The van der Waals surface area contributed by atoms with Gasteiger partial charge in [0.2, 0.25) is 17.7 Å². The van der Waals surface area contributed by atoms with Crippen LogP contribution in [0.2, 0.25) is 0 Å². The van der Waals surface area contributed by atoms with E-state index in [2.05, 4.69) is 15.5 Å². The van der Waals surface area contributed by atoms with E-state index in [0.717, 1.165) is 5.56 Å². The molecule has 7 heteroatoms. The molecular weight excluding hydrogens is 335 g/mol. The lowest BCUT2D eigenvalue weighted by Crippen LogP contribution is -2.32. The molecule has 1 amide bonds. The highest BCUT2D eigenvalue weighted by molar-refractivity contribution is 5.92. The van der Waals surface area contributed by atoms with E-state index in [4.69, 9.17) is 4.42 Å². The van der Waals surface area contributed by atoms with E-state index in [-0.39, 0.29) is 18.5 Å². The van der Waals surface area contributed by atoms with Gasteiger partial charge in [-0.05, 0) is 44.3 Å². The maximum Gasteiger partial charge on any atom is 0.247 e. The Balaban J connectivity index is 1.61. The third-order valence-electron chi connectivity index (χ3n) is 3.98. The first-order valence-electron chi connectivity index (χ1n) is 8.17. The van der Waals surface area contributed by atoms with Crippen molar-refractivity contribution in [1.29, 1.82) is 0 Å². The molecule has 0 radical (unpaired) electrons. The zero-order chi connectivity index (χ0) is 18.5. The van der Waals surface area contributed by atoms with E-state index in [9.17, 15) is 9.18 Å². The van der Waals surface area contributed by atoms with Gasteiger partial charge in [-0.25, -0.2) is 4.39 Å². The van der Waals surface area contributed by atoms with E-state index in [1.165, 1.54) is 12.1 Å². The van der Waals surface area contributed by atoms with Gasteiger partial charge in [-0.15, -0.1) is 10.2 Å². The highest BCUT2D eigenvalue weighted by Gasteiger charge is 2.21. The molecule has 0 bridgehead atoms. The van der Waals surface area contributed by atoms with E-state index < -0.39 is 5.82 Å². The van der Waals surface area contributed by atoms with Crippen LogP contribution in [0.1, 0.15) is 18.9 Å². The van der Waals surface area contributed by atoms with Gasteiger partial charge in [-0.2, -0.15) is 0 Å². The number of halogens is 1. The predicted octanol–water partition coefficient (Wildman–Crippen LogP) is 3.51. The van der Waals surface area contributed by atoms with Crippen molar-refractivity contribution in [1.82, 2.24) is 15.1 Å². The van der Waals surface area contributed by atoms with Crippen LogP contribution in [0.25, 0.3) is 11.5 Å². The van der Waals surface area contributed by atoms with Gasteiger partial charge in [0.25, 0.3) is 0 Å². The average molecular weight is 354 g/mol. The predicted molar refractivity (Wildman–Crippen MR) is 95.8 cm³/mol. The molecule has 3 rings (SSSR count). The summed E-state index contributed by atoms with van der Waals surface area (Å²) in [5.74, 6) is 0.201. The van der Waals surface area contributed by atoms with Crippen molar-refractivity contribution in [3.05, 3.63) is 66.3 Å². The Bertz CT molecular complexity index is 882. The molecular formula is C19H19FN4O2. The molecule has 3 aromatic rings. The molecule has 6 nitrogen and oxygen atoms in total. The van der Waals surface area contributed by atoms with E-state index >= 15 is 0 Å². The quantitative estimate of drug-likeness (QED) is 0.733. The van der Waals surface area contributed by atoms with Crippen LogP contribution in [-0.4, -0.2) is 34.6 Å². The van der Waals surface area contributed by atoms with Gasteiger partial charge < -0.3 is 9.73 Å². The summed E-state index contributed by atoms with van der Waals surface area (Å²) < 4.78 is 18.9. The minimum Gasteiger partial charge on any atom is -0.419 e. The number of amides is 1. The summed E-state index contributed by atoms with van der Waals surface area (Å²) in [6, 6.07) is 15.0. The number of carbonyl (C=O) groups is 1. The Labute approximate surface area is 150 Å². The molecule has 1 atom stereocenters. The maximum absolute atomic E-state index is 13.2. The molecule has 0 aliphatic carbocycles. The smallest absolute Gasteiger partial charge is 0.247 e. The number of anilines is 1. The van der Waals surface area contributed by atoms with Crippen LogP contribution in [0, 0.1) is 5.82 Å². The van der Waals surface area contributed by atoms with Crippen molar-refractivity contribution in [2.45, 2.75) is 13.0 Å². The number of benzene rings is 2. The van der Waals surface area contributed by atoms with Crippen molar-refractivity contribution >= 4 is 11.6 Å². The summed E-state index contributed by atoms with van der Waals surface area (Å²) in [5, 5.41) is 10.8. The molecule has 0 saturated heterocycles. The molecule has 134 valence electrons. The van der Waals surface area contributed by atoms with Gasteiger partial charge in [0, 0.05) is 11.3 Å². The number of rotatable bonds is 6. The molecule has 0 saturated carbocycles. The second kappa shape index (κ2) is 7.88. The molecule has 0 unspecified atom stereocenters. The van der Waals surface area contributed by atoms with Crippen LogP contribution in [0.3, 0.4) is 0 Å². The zero-order valence-corrected chi connectivity index (χ0v) is 14.5. The van der Waals surface area contributed by atoms with Gasteiger partial charge in [0.05, 0.1) is 12.6 Å². The van der Waals surface area contributed by atoms with Gasteiger partial charge in [-0.3, -0.25) is 9.69 Å². The standard InChI is InChI=1S/C19H19FN4O2/c1-13(18-22-23-19(26-18)14-7-4-3-5-8-14)24(2)12-17(25)21-16-10-6-9-15(20)11-16/h3-11,13H,12H2,1-2H3,(H,21,25)/t13-/m1/s1. The molecule has 0 fully saturated rings. The minimum absolute atomic E-state index is 0.0979. The van der Waals surface area contributed by atoms with E-state index in [1.807, 2.05) is 37.3 Å². The average Bonchev–Trinajstić information content (AvgIpc) is 3.11. The fourth-order valence-corrected chi connectivity index (χ4v) is 2.42. The van der Waals surface area contributed by atoms with Crippen LogP contribution in [-0.2, 0) is 4.79 Å². The number of likely N-dealkylation sites (N-methyl/N-ethyl adjacent to an activating group) is 1. The lowest BCUT2D eigenvalue weighted by molar-refractivity contribution is -0.117. The fraction of sp³-hybridized carbons (Fsp3) is 0.211. The van der Waals surface area contributed by atoms with Crippen molar-refractivity contribution in [2.75, 3.05) is 18.9 Å². The third-order valence-corrected chi connectivity index (χ3v) is 3.98. The Morgan fingerprint density at radius 2 is 1.96 bits per heavy atom. The molecule has 0 spiro atoms. The van der Waals surface area contributed by atoms with Gasteiger partial charge >= 0.3 is 0 Å². The zero-order valence-electron chi connectivity index (χ0n) is 14.5. The molecule has 26 heavy (non-hydrogen) atoms. The van der Waals surface area contributed by atoms with Gasteiger partial charge in [-0.1, -0.05) is 24.3 Å². The molecule has 0 aliphatic rings. The Kier molecular flexibility index (Phi) is 5.38. The summed E-state index contributed by atoms with van der Waals surface area (Å²) in [5.41, 5.74) is 1.25. The highest BCUT2D eigenvalue weighted by atomic mass is 19.1. The summed E-state index contributed by atoms with van der Waals surface area (Å²) in [4.78, 5) is 13.9. The van der Waals surface area contributed by atoms with Crippen LogP contribution < -0.4 is 5.32 Å². The Hall–Kier alpha value is -3.06. The highest BCUT2D eigenvalue weighted by Crippen LogP contribution is 2.22. The monoisotopic (exact) mass is 354 g/mol. The van der Waals surface area contributed by atoms with Crippen molar-refractivity contribution in [3.8, 4) is 11.5 Å². The number of nitrogens with one attached hydrogen (secondary N) is 1. The molecule has 0 aliphatic heterocycles. The lowest BCUT2D eigenvalue weighted by atomic mass is 10.2. The Morgan fingerprint density at radius 1 is 1.19 bits per heavy atom. The van der Waals surface area contributed by atoms with Crippen LogP contribution in [0.4, 0.5) is 10.1 Å². The van der Waals surface area contributed by atoms with E-state index in [0.29, 0.717) is 17.5 Å². The van der Waals surface area contributed by atoms with Crippen LogP contribution in [0.15, 0.2) is 59.0 Å². The first kappa shape index (κ1) is 17.8. The van der Waals surface area contributed by atoms with Gasteiger partial charge in [0.1, 0.15) is 5.82 Å². The fourth-order valence-electron chi connectivity index (χ4n) is 2.42. The number of carbonyl (C=O) groups excluding carboxylic acids is 1. The van der Waals surface area contributed by atoms with Gasteiger partial charge in [0.15, 0.2) is 0 Å². The number of hydrogen-bond acceptors (Lipinski definition) is 5. The van der Waals surface area contributed by atoms with E-state index in [1.54, 1.807) is 24.1 Å². The third kappa shape index (κ3) is 4.31. The second-order valence-electron chi connectivity index (χ2n) is 5.96. The topological polar surface area (TPSA) is 71.3 Å². The summed E-state index contributed by atoms with van der Waals surface area (Å²) in [6.07, 6.45) is 0. The second-order valence-corrected chi connectivity index (χ2v) is 5.96. The van der Waals surface area contributed by atoms with Crippen molar-refractivity contribution in [3.63, 3.8) is 0 Å². The lowest BCUT2D eigenvalue weighted by Gasteiger charge is -2.21. The first-order valence-corrected chi connectivity index (χ1v) is 8.17. The molecule has 1 N–H and O–H groups in total. The minimum atomic E-state index is -0.399. The Morgan fingerprint density at radius 3 is 2.69 bits per heavy atom. The number of aromatic nitrogens is 2. The molecule has 2 aromatic carbocycles. The van der Waals surface area contributed by atoms with Crippen molar-refractivity contribution < 1.29 is 13.6 Å².